The number of nitriles is 1. The monoisotopic (exact) mass is 390 g/mol. The van der Waals surface area contributed by atoms with Crippen LogP contribution in [-0.2, 0) is 14.3 Å². The van der Waals surface area contributed by atoms with E-state index in [0.29, 0.717) is 39.1 Å². The zero-order valence-corrected chi connectivity index (χ0v) is 16.3. The minimum atomic E-state index is -0.572. The number of hydrogen-bond donors (Lipinski definition) is 1. The Morgan fingerprint density at radius 2 is 2.08 bits per heavy atom. The molecule has 0 saturated heterocycles. The number of carbonyl (C=O) groups excluding carboxylic acids is 2. The first kappa shape index (κ1) is 20.1. The summed E-state index contributed by atoms with van der Waals surface area (Å²) >= 11 is 7.53. The summed E-state index contributed by atoms with van der Waals surface area (Å²) in [6.45, 7) is 5.28. The molecule has 1 aromatic rings. The fourth-order valence-electron chi connectivity index (χ4n) is 2.85. The number of esters is 1. The number of nitrogens with zero attached hydrogens (tertiary/aromatic N) is 1. The highest BCUT2D eigenvalue weighted by atomic mass is 35.5. The van der Waals surface area contributed by atoms with Crippen LogP contribution in [0.2, 0.25) is 5.02 Å². The average molecular weight is 391 g/mol. The number of ketones is 1. The number of carbonyl (C=O) groups is 2. The van der Waals surface area contributed by atoms with Gasteiger partial charge in [0.15, 0.2) is 5.78 Å². The summed E-state index contributed by atoms with van der Waals surface area (Å²) in [4.78, 5) is 23.9. The van der Waals surface area contributed by atoms with Crippen molar-refractivity contribution < 1.29 is 14.3 Å². The van der Waals surface area contributed by atoms with Gasteiger partial charge in [0.1, 0.15) is 0 Å². The predicted octanol–water partition coefficient (Wildman–Crippen LogP) is 3.92. The molecule has 0 aromatic heterocycles. The van der Waals surface area contributed by atoms with Crippen LogP contribution in [0.25, 0.3) is 0 Å². The fraction of sp³-hybridized carbons (Fsp3) is 0.316. The summed E-state index contributed by atoms with van der Waals surface area (Å²) in [6.07, 6.45) is 0. The molecule has 0 fully saturated rings. The van der Waals surface area contributed by atoms with Crippen molar-refractivity contribution in [2.45, 2.75) is 26.7 Å². The third-order valence-corrected chi connectivity index (χ3v) is 5.22. The van der Waals surface area contributed by atoms with E-state index in [9.17, 15) is 14.9 Å². The van der Waals surface area contributed by atoms with Gasteiger partial charge in [-0.05, 0) is 32.4 Å². The van der Waals surface area contributed by atoms with Gasteiger partial charge in [-0.1, -0.05) is 41.6 Å². The van der Waals surface area contributed by atoms with E-state index in [1.165, 1.54) is 18.7 Å². The minimum Gasteiger partial charge on any atom is -0.465 e. The average Bonchev–Trinajstić information content (AvgIpc) is 2.59. The second-order valence-electron chi connectivity index (χ2n) is 5.62. The molecule has 1 heterocycles. The van der Waals surface area contributed by atoms with Gasteiger partial charge >= 0.3 is 5.97 Å². The molecule has 0 spiro atoms. The van der Waals surface area contributed by atoms with Crippen molar-refractivity contribution in [2.24, 2.45) is 0 Å². The van der Waals surface area contributed by atoms with E-state index in [1.807, 2.05) is 6.07 Å². The molecule has 1 atom stereocenters. The number of nitrogens with one attached hydrogen (secondary N) is 1. The van der Waals surface area contributed by atoms with Gasteiger partial charge in [-0.15, -0.1) is 0 Å². The molecule has 0 aliphatic carbocycles. The second kappa shape index (κ2) is 8.93. The lowest BCUT2D eigenvalue weighted by Crippen LogP contribution is -2.27. The standard InChI is InChI=1S/C19H19ClN2O3S/c1-4-25-16(24)10-26-19-14(9-21)18(13-7-5-6-8-15(13)20)17(12(3)23)11(2)22-19/h5-8,18,22H,4,10H2,1-3H3/t18-/m1/s1. The summed E-state index contributed by atoms with van der Waals surface area (Å²) in [5, 5.41) is 13.9. The molecule has 1 aliphatic rings. The maximum atomic E-state index is 12.3. The number of hydrogen-bond acceptors (Lipinski definition) is 6. The maximum Gasteiger partial charge on any atom is 0.316 e. The molecule has 26 heavy (non-hydrogen) atoms. The molecule has 0 bridgehead atoms. The van der Waals surface area contributed by atoms with Gasteiger partial charge in [-0.2, -0.15) is 5.26 Å². The molecule has 1 aliphatic heterocycles. The molecular formula is C19H19ClN2O3S. The maximum absolute atomic E-state index is 12.3. The van der Waals surface area contributed by atoms with Crippen LogP contribution in [0.3, 0.4) is 0 Å². The van der Waals surface area contributed by atoms with E-state index in [1.54, 1.807) is 32.0 Å². The molecule has 1 aromatic carbocycles. The van der Waals surface area contributed by atoms with Crippen molar-refractivity contribution in [3.63, 3.8) is 0 Å². The summed E-state index contributed by atoms with van der Waals surface area (Å²) in [5.41, 5.74) is 2.19. The number of halogens is 1. The Bertz CT molecular complexity index is 839. The van der Waals surface area contributed by atoms with Crippen molar-refractivity contribution >= 4 is 35.1 Å². The molecule has 0 radical (unpaired) electrons. The van der Waals surface area contributed by atoms with Crippen LogP contribution in [-0.4, -0.2) is 24.1 Å². The number of ether oxygens (including phenoxy) is 1. The third kappa shape index (κ3) is 4.29. The Hall–Kier alpha value is -2.23. The van der Waals surface area contributed by atoms with Crippen LogP contribution in [0.5, 0.6) is 0 Å². The summed E-state index contributed by atoms with van der Waals surface area (Å²) in [5.74, 6) is -1.00. The van der Waals surface area contributed by atoms with Gasteiger partial charge in [0.25, 0.3) is 0 Å². The Morgan fingerprint density at radius 3 is 2.65 bits per heavy atom. The van der Waals surface area contributed by atoms with Crippen molar-refractivity contribution in [2.75, 3.05) is 12.4 Å². The molecular weight excluding hydrogens is 372 g/mol. The fourth-order valence-corrected chi connectivity index (χ4v) is 3.98. The number of allylic oxidation sites excluding steroid dienone is 3. The van der Waals surface area contributed by atoms with Crippen LogP contribution in [0.15, 0.2) is 46.1 Å². The summed E-state index contributed by atoms with van der Waals surface area (Å²) in [6, 6.07) is 9.33. The Labute approximate surface area is 162 Å². The highest BCUT2D eigenvalue weighted by Crippen LogP contribution is 2.42. The molecule has 1 N–H and O–H groups in total. The van der Waals surface area contributed by atoms with Crippen LogP contribution in [0.4, 0.5) is 0 Å². The lowest BCUT2D eigenvalue weighted by Gasteiger charge is -2.29. The van der Waals surface area contributed by atoms with Gasteiger partial charge in [0.05, 0.1) is 34.9 Å². The SMILES string of the molecule is CCOC(=O)CSC1=C(C#N)[C@@H](c2ccccc2Cl)C(C(C)=O)=C(C)N1. The van der Waals surface area contributed by atoms with Crippen molar-refractivity contribution in [3.8, 4) is 6.07 Å². The van der Waals surface area contributed by atoms with Gasteiger partial charge in [-0.3, -0.25) is 9.59 Å². The molecule has 7 heteroatoms. The first-order valence-electron chi connectivity index (χ1n) is 8.06. The molecule has 0 amide bonds. The number of rotatable bonds is 6. The first-order chi connectivity index (χ1) is 12.4. The van der Waals surface area contributed by atoms with E-state index in [-0.39, 0.29) is 17.5 Å². The number of thioether (sulfide) groups is 1. The largest absolute Gasteiger partial charge is 0.465 e. The van der Waals surface area contributed by atoms with E-state index in [2.05, 4.69) is 11.4 Å². The van der Waals surface area contributed by atoms with Crippen LogP contribution in [0.1, 0.15) is 32.3 Å². The quantitative estimate of drug-likeness (QED) is 0.741. The molecule has 5 nitrogen and oxygen atoms in total. The van der Waals surface area contributed by atoms with Crippen LogP contribution >= 0.6 is 23.4 Å². The predicted molar refractivity (Wildman–Crippen MR) is 102 cm³/mol. The van der Waals surface area contributed by atoms with Gasteiger partial charge in [0, 0.05) is 16.3 Å². The third-order valence-electron chi connectivity index (χ3n) is 3.88. The van der Waals surface area contributed by atoms with Gasteiger partial charge in [-0.25, -0.2) is 0 Å². The lowest BCUT2D eigenvalue weighted by molar-refractivity contribution is -0.139. The van der Waals surface area contributed by atoms with Crippen molar-refractivity contribution in [1.29, 1.82) is 5.26 Å². The van der Waals surface area contributed by atoms with Crippen LogP contribution in [0, 0.1) is 11.3 Å². The topological polar surface area (TPSA) is 79.2 Å². The number of dihydropyridines is 1. The van der Waals surface area contributed by atoms with Gasteiger partial charge in [0.2, 0.25) is 0 Å². The number of Topliss-reactive ketones (excluding diaryl/α,β-unsaturated/α-hetero) is 1. The number of benzene rings is 1. The van der Waals surface area contributed by atoms with E-state index in [4.69, 9.17) is 16.3 Å². The molecule has 0 unspecified atom stereocenters. The van der Waals surface area contributed by atoms with E-state index < -0.39 is 5.92 Å². The Morgan fingerprint density at radius 1 is 1.38 bits per heavy atom. The Balaban J connectivity index is 2.51. The Kier molecular flexibility index (Phi) is 6.90. The van der Waals surface area contributed by atoms with Gasteiger partial charge < -0.3 is 10.1 Å². The van der Waals surface area contributed by atoms with E-state index in [0.717, 1.165) is 0 Å². The molecule has 0 saturated carbocycles. The first-order valence-corrected chi connectivity index (χ1v) is 9.42. The summed E-state index contributed by atoms with van der Waals surface area (Å²) in [7, 11) is 0. The highest BCUT2D eigenvalue weighted by molar-refractivity contribution is 8.03. The molecule has 2 rings (SSSR count). The highest BCUT2D eigenvalue weighted by Gasteiger charge is 2.34. The zero-order valence-electron chi connectivity index (χ0n) is 14.8. The van der Waals surface area contributed by atoms with Crippen molar-refractivity contribution in [3.05, 3.63) is 56.7 Å². The van der Waals surface area contributed by atoms with Crippen molar-refractivity contribution in [1.82, 2.24) is 5.32 Å². The van der Waals surface area contributed by atoms with E-state index >= 15 is 0 Å². The lowest BCUT2D eigenvalue weighted by atomic mass is 9.81. The smallest absolute Gasteiger partial charge is 0.316 e. The van der Waals surface area contributed by atoms with Crippen LogP contribution < -0.4 is 5.32 Å². The zero-order chi connectivity index (χ0) is 19.3. The second-order valence-corrected chi connectivity index (χ2v) is 7.02. The minimum absolute atomic E-state index is 0.0687. The summed E-state index contributed by atoms with van der Waals surface area (Å²) < 4.78 is 4.94. The normalized spacial score (nSPS) is 16.8. The molecule has 136 valence electrons.